The molecular formula is C21H25FN6O2. The Morgan fingerprint density at radius 3 is 2.67 bits per heavy atom. The molecule has 1 N–H and O–H groups in total. The number of hydrogen-bond donors (Lipinski definition) is 1. The highest BCUT2D eigenvalue weighted by atomic mass is 19.1. The highest BCUT2D eigenvalue weighted by Gasteiger charge is 2.40. The first-order valence-corrected chi connectivity index (χ1v) is 10.5. The van der Waals surface area contributed by atoms with E-state index in [2.05, 4.69) is 20.3 Å². The van der Waals surface area contributed by atoms with E-state index < -0.39 is 12.2 Å². The molecule has 2 saturated heterocycles. The Kier molecular flexibility index (Phi) is 4.88. The number of alkyl halides is 1. The minimum Gasteiger partial charge on any atom is -0.371 e. The van der Waals surface area contributed by atoms with Crippen molar-refractivity contribution in [1.29, 1.82) is 0 Å². The first-order valence-electron chi connectivity index (χ1n) is 10.5. The van der Waals surface area contributed by atoms with E-state index >= 15 is 0 Å². The predicted molar refractivity (Wildman–Crippen MR) is 108 cm³/mol. The van der Waals surface area contributed by atoms with Gasteiger partial charge in [0.05, 0.1) is 36.3 Å². The second kappa shape index (κ2) is 7.70. The summed E-state index contributed by atoms with van der Waals surface area (Å²) >= 11 is 0. The molecule has 3 aliphatic rings. The molecule has 30 heavy (non-hydrogen) atoms. The van der Waals surface area contributed by atoms with Crippen LogP contribution in [0.1, 0.15) is 35.7 Å². The molecule has 1 unspecified atom stereocenters. The van der Waals surface area contributed by atoms with Crippen LogP contribution in [0.25, 0.3) is 0 Å². The maximum Gasteiger partial charge on any atom is 0.254 e. The van der Waals surface area contributed by atoms with E-state index in [9.17, 15) is 14.0 Å². The molecule has 2 aromatic heterocycles. The van der Waals surface area contributed by atoms with Gasteiger partial charge in [0.15, 0.2) is 0 Å². The maximum atomic E-state index is 14.6. The Hall–Kier alpha value is -2.97. The number of hydrogen-bond acceptors (Lipinski definition) is 5. The first kappa shape index (κ1) is 19.0. The monoisotopic (exact) mass is 412 g/mol. The van der Waals surface area contributed by atoms with Crippen LogP contribution in [0.5, 0.6) is 0 Å². The van der Waals surface area contributed by atoms with Gasteiger partial charge in [0.1, 0.15) is 6.17 Å². The van der Waals surface area contributed by atoms with Gasteiger partial charge in [-0.05, 0) is 31.4 Å². The Morgan fingerprint density at radius 1 is 1.10 bits per heavy atom. The molecule has 0 radical (unpaired) electrons. The highest BCUT2D eigenvalue weighted by Crippen LogP contribution is 2.34. The lowest BCUT2D eigenvalue weighted by atomic mass is 10.1. The molecule has 0 bridgehead atoms. The zero-order valence-electron chi connectivity index (χ0n) is 16.7. The van der Waals surface area contributed by atoms with Crippen molar-refractivity contribution in [3.05, 3.63) is 42.5 Å². The number of halogens is 1. The summed E-state index contributed by atoms with van der Waals surface area (Å²) in [6.45, 7) is 1.64. The second-order valence-corrected chi connectivity index (χ2v) is 8.42. The summed E-state index contributed by atoms with van der Waals surface area (Å²) in [5.74, 6) is -0.530. The summed E-state index contributed by atoms with van der Waals surface area (Å²) < 4.78 is 16.4. The molecule has 5 rings (SSSR count). The van der Waals surface area contributed by atoms with Gasteiger partial charge < -0.3 is 15.1 Å². The van der Waals surface area contributed by atoms with Crippen molar-refractivity contribution in [3.63, 3.8) is 0 Å². The van der Waals surface area contributed by atoms with E-state index in [0.717, 1.165) is 31.5 Å². The van der Waals surface area contributed by atoms with Crippen LogP contribution in [0.15, 0.2) is 36.9 Å². The SMILES string of the molecule is O=C(N[C@H]1CN(C(=O)C2CCN(c3ccncc3)C2)C[C@H]1F)c1cnn(C2CC2)c1. The van der Waals surface area contributed by atoms with Crippen molar-refractivity contribution in [3.8, 4) is 0 Å². The van der Waals surface area contributed by atoms with Crippen molar-refractivity contribution in [1.82, 2.24) is 25.0 Å². The van der Waals surface area contributed by atoms with Crippen LogP contribution in [0.2, 0.25) is 0 Å². The van der Waals surface area contributed by atoms with Crippen LogP contribution in [0.4, 0.5) is 10.1 Å². The molecule has 9 heteroatoms. The summed E-state index contributed by atoms with van der Waals surface area (Å²) in [7, 11) is 0. The molecular weight excluding hydrogens is 387 g/mol. The fraction of sp³-hybridized carbons (Fsp3) is 0.524. The maximum absolute atomic E-state index is 14.6. The predicted octanol–water partition coefficient (Wildman–Crippen LogP) is 1.42. The van der Waals surface area contributed by atoms with Crippen molar-refractivity contribution in [2.75, 3.05) is 31.1 Å². The van der Waals surface area contributed by atoms with Crippen LogP contribution >= 0.6 is 0 Å². The molecule has 0 spiro atoms. The molecule has 2 amide bonds. The molecule has 8 nitrogen and oxygen atoms in total. The third-order valence-electron chi connectivity index (χ3n) is 6.23. The normalized spacial score (nSPS) is 26.2. The molecule has 158 valence electrons. The molecule has 1 saturated carbocycles. The van der Waals surface area contributed by atoms with Gasteiger partial charge in [0, 0.05) is 43.9 Å². The smallest absolute Gasteiger partial charge is 0.254 e. The van der Waals surface area contributed by atoms with Gasteiger partial charge in [-0.3, -0.25) is 19.3 Å². The fourth-order valence-corrected chi connectivity index (χ4v) is 4.34. The quantitative estimate of drug-likeness (QED) is 0.803. The third-order valence-corrected chi connectivity index (χ3v) is 6.23. The summed E-state index contributed by atoms with van der Waals surface area (Å²) in [6.07, 6.45) is 8.33. The Labute approximate surface area is 174 Å². The zero-order valence-corrected chi connectivity index (χ0v) is 16.7. The molecule has 2 aliphatic heterocycles. The summed E-state index contributed by atoms with van der Waals surface area (Å²) in [5.41, 5.74) is 1.48. The lowest BCUT2D eigenvalue weighted by Crippen LogP contribution is -2.42. The summed E-state index contributed by atoms with van der Waals surface area (Å²) in [4.78, 5) is 33.2. The number of anilines is 1. The first-order chi connectivity index (χ1) is 14.6. The van der Waals surface area contributed by atoms with Crippen LogP contribution in [0, 0.1) is 5.92 Å². The molecule has 3 atom stereocenters. The van der Waals surface area contributed by atoms with E-state index in [1.54, 1.807) is 28.2 Å². The van der Waals surface area contributed by atoms with Gasteiger partial charge >= 0.3 is 0 Å². The van der Waals surface area contributed by atoms with Gasteiger partial charge in [-0.1, -0.05) is 0 Å². The topological polar surface area (TPSA) is 83.4 Å². The number of amides is 2. The average molecular weight is 412 g/mol. The van der Waals surface area contributed by atoms with Crippen molar-refractivity contribution in [2.24, 2.45) is 5.92 Å². The zero-order chi connectivity index (χ0) is 20.7. The molecule has 4 heterocycles. The van der Waals surface area contributed by atoms with Gasteiger partial charge in [-0.25, -0.2) is 4.39 Å². The van der Waals surface area contributed by atoms with E-state index in [0.29, 0.717) is 18.2 Å². The standard InChI is InChI=1S/C21H25FN6O2/c22-18-12-27(21(30)14-5-8-26(10-14)16-3-6-23-7-4-16)13-19(18)25-20(29)15-9-24-28(11-15)17-1-2-17/h3-4,6-7,9,11,14,17-19H,1-2,5,8,10,12-13H2,(H,25,29)/t14?,18-,19+/m1/s1. The second-order valence-electron chi connectivity index (χ2n) is 8.42. The van der Waals surface area contributed by atoms with Crippen molar-refractivity contribution < 1.29 is 14.0 Å². The molecule has 1 aliphatic carbocycles. The largest absolute Gasteiger partial charge is 0.371 e. The van der Waals surface area contributed by atoms with Crippen molar-refractivity contribution in [2.45, 2.75) is 37.5 Å². The number of nitrogens with zero attached hydrogens (tertiary/aromatic N) is 5. The van der Waals surface area contributed by atoms with Gasteiger partial charge in [-0.15, -0.1) is 0 Å². The lowest BCUT2D eigenvalue weighted by Gasteiger charge is -2.22. The van der Waals surface area contributed by atoms with Crippen LogP contribution < -0.4 is 10.2 Å². The van der Waals surface area contributed by atoms with E-state index in [-0.39, 0.29) is 30.8 Å². The number of carbonyl (C=O) groups is 2. The van der Waals surface area contributed by atoms with E-state index in [1.807, 2.05) is 12.1 Å². The van der Waals surface area contributed by atoms with Crippen molar-refractivity contribution >= 4 is 17.5 Å². The number of nitrogens with one attached hydrogen (secondary N) is 1. The van der Waals surface area contributed by atoms with Gasteiger partial charge in [-0.2, -0.15) is 5.10 Å². The van der Waals surface area contributed by atoms with Crippen LogP contribution in [-0.2, 0) is 4.79 Å². The van der Waals surface area contributed by atoms with E-state index in [4.69, 9.17) is 0 Å². The lowest BCUT2D eigenvalue weighted by molar-refractivity contribution is -0.134. The number of carbonyl (C=O) groups excluding carboxylic acids is 2. The third kappa shape index (κ3) is 3.76. The van der Waals surface area contributed by atoms with E-state index in [1.165, 1.54) is 6.20 Å². The summed E-state index contributed by atoms with van der Waals surface area (Å²) in [6, 6.07) is 3.55. The van der Waals surface area contributed by atoms with Gasteiger partial charge in [0.2, 0.25) is 5.91 Å². The minimum absolute atomic E-state index is 0.0247. The number of likely N-dealkylation sites (tertiary alicyclic amines) is 1. The Morgan fingerprint density at radius 2 is 1.90 bits per heavy atom. The molecule has 0 aromatic carbocycles. The van der Waals surface area contributed by atoms with Crippen LogP contribution in [0.3, 0.4) is 0 Å². The van der Waals surface area contributed by atoms with Crippen LogP contribution in [-0.4, -0.2) is 69.9 Å². The minimum atomic E-state index is -1.27. The molecule has 3 fully saturated rings. The number of pyridine rings is 1. The average Bonchev–Trinajstić information content (AvgIpc) is 3.17. The fourth-order valence-electron chi connectivity index (χ4n) is 4.34. The molecule has 2 aromatic rings. The number of aromatic nitrogens is 3. The highest BCUT2D eigenvalue weighted by molar-refractivity contribution is 5.94. The van der Waals surface area contributed by atoms with Gasteiger partial charge in [0.25, 0.3) is 5.91 Å². The summed E-state index contributed by atoms with van der Waals surface area (Å²) in [5, 5.41) is 6.96. The Bertz CT molecular complexity index is 931. The number of rotatable bonds is 5. The Balaban J connectivity index is 1.17.